The van der Waals surface area contributed by atoms with E-state index in [2.05, 4.69) is 28.3 Å². The molecule has 1 fully saturated rings. The molecule has 1 aromatic heterocycles. The largest absolute Gasteiger partial charge is 0.308 e. The van der Waals surface area contributed by atoms with E-state index in [4.69, 9.17) is 5.84 Å². The van der Waals surface area contributed by atoms with Gasteiger partial charge in [-0.2, -0.15) is 0 Å². The summed E-state index contributed by atoms with van der Waals surface area (Å²) in [5.74, 6) is 6.03. The number of nitrogens with one attached hydrogen (secondary N) is 1. The number of nitrogens with two attached hydrogens (primary N) is 1. The summed E-state index contributed by atoms with van der Waals surface area (Å²) in [6.07, 6.45) is 7.20. The molecule has 94 valence electrons. The average Bonchev–Trinajstić information content (AvgIpc) is 2.40. The van der Waals surface area contributed by atoms with Crippen molar-refractivity contribution in [2.75, 3.05) is 12.0 Å². The lowest BCUT2D eigenvalue weighted by atomic mass is 9.99. The van der Waals surface area contributed by atoms with Gasteiger partial charge in [0.2, 0.25) is 0 Å². The van der Waals surface area contributed by atoms with Crippen LogP contribution in [0, 0.1) is 0 Å². The molecule has 0 bridgehead atoms. The molecule has 1 atom stereocenters. The zero-order valence-electron chi connectivity index (χ0n) is 10.5. The van der Waals surface area contributed by atoms with Gasteiger partial charge in [0, 0.05) is 18.8 Å². The Kier molecular flexibility index (Phi) is 4.34. The maximum Gasteiger partial charge on any atom is 0.139 e. The third-order valence-corrected chi connectivity index (χ3v) is 3.58. The van der Waals surface area contributed by atoms with E-state index in [1.165, 1.54) is 37.8 Å². The Balaban J connectivity index is 1.98. The van der Waals surface area contributed by atoms with Gasteiger partial charge in [0.1, 0.15) is 5.82 Å². The van der Waals surface area contributed by atoms with Gasteiger partial charge in [-0.25, -0.2) is 10.8 Å². The van der Waals surface area contributed by atoms with Gasteiger partial charge in [-0.15, -0.1) is 0 Å². The first-order valence-corrected chi connectivity index (χ1v) is 6.49. The Hall–Kier alpha value is -1.13. The lowest BCUT2D eigenvalue weighted by Crippen LogP contribution is -2.38. The highest BCUT2D eigenvalue weighted by molar-refractivity contribution is 5.33. The highest BCUT2D eigenvalue weighted by atomic mass is 15.2. The standard InChI is InChI=1S/C13H22N4/c1-2-12-5-3-4-8-17(12)10-11-6-7-13(16-14)15-9-11/h6-7,9,12H,2-5,8,10,14H2,1H3,(H,15,16). The highest BCUT2D eigenvalue weighted by Gasteiger charge is 2.20. The van der Waals surface area contributed by atoms with Crippen molar-refractivity contribution in [3.63, 3.8) is 0 Å². The molecule has 0 saturated carbocycles. The van der Waals surface area contributed by atoms with Crippen LogP contribution in [0.15, 0.2) is 18.3 Å². The summed E-state index contributed by atoms with van der Waals surface area (Å²) in [5, 5.41) is 0. The molecule has 4 nitrogen and oxygen atoms in total. The first-order chi connectivity index (χ1) is 8.33. The van der Waals surface area contributed by atoms with Gasteiger partial charge in [0.15, 0.2) is 0 Å². The van der Waals surface area contributed by atoms with Crippen LogP contribution < -0.4 is 11.3 Å². The minimum absolute atomic E-state index is 0.722. The first kappa shape index (κ1) is 12.3. The fourth-order valence-electron chi connectivity index (χ4n) is 2.57. The molecule has 1 unspecified atom stereocenters. The summed E-state index contributed by atoms with van der Waals surface area (Å²) in [6.45, 7) is 4.51. The van der Waals surface area contributed by atoms with E-state index >= 15 is 0 Å². The number of aromatic nitrogens is 1. The van der Waals surface area contributed by atoms with Gasteiger partial charge in [-0.1, -0.05) is 19.4 Å². The molecule has 0 aliphatic carbocycles. The van der Waals surface area contributed by atoms with E-state index in [0.717, 1.165) is 18.4 Å². The Labute approximate surface area is 103 Å². The van der Waals surface area contributed by atoms with Gasteiger partial charge in [0.05, 0.1) is 0 Å². The summed E-state index contributed by atoms with van der Waals surface area (Å²) >= 11 is 0. The SMILES string of the molecule is CCC1CCCCN1Cc1ccc(NN)nc1. The average molecular weight is 234 g/mol. The topological polar surface area (TPSA) is 54.2 Å². The minimum Gasteiger partial charge on any atom is -0.308 e. The lowest BCUT2D eigenvalue weighted by molar-refractivity contribution is 0.136. The normalized spacial score (nSPS) is 21.4. The molecule has 0 aromatic carbocycles. The summed E-state index contributed by atoms with van der Waals surface area (Å²) in [4.78, 5) is 6.83. The van der Waals surface area contributed by atoms with Crippen molar-refractivity contribution in [3.8, 4) is 0 Å². The number of likely N-dealkylation sites (tertiary alicyclic amines) is 1. The number of nitrogens with zero attached hydrogens (tertiary/aromatic N) is 2. The van der Waals surface area contributed by atoms with E-state index in [1.54, 1.807) is 0 Å². The summed E-state index contributed by atoms with van der Waals surface area (Å²) in [7, 11) is 0. The number of rotatable bonds is 4. The number of nitrogen functional groups attached to an aromatic ring is 1. The number of anilines is 1. The molecule has 0 amide bonds. The molecule has 2 heterocycles. The van der Waals surface area contributed by atoms with Crippen LogP contribution in [0.5, 0.6) is 0 Å². The maximum atomic E-state index is 5.30. The van der Waals surface area contributed by atoms with Crippen molar-refractivity contribution in [2.24, 2.45) is 5.84 Å². The van der Waals surface area contributed by atoms with E-state index in [1.807, 2.05) is 12.3 Å². The summed E-state index contributed by atoms with van der Waals surface area (Å²) in [6, 6.07) is 4.78. The molecule has 4 heteroatoms. The number of hydrogen-bond acceptors (Lipinski definition) is 4. The molecular weight excluding hydrogens is 212 g/mol. The van der Waals surface area contributed by atoms with Crippen molar-refractivity contribution in [1.82, 2.24) is 9.88 Å². The van der Waals surface area contributed by atoms with Crippen LogP contribution in [0.1, 0.15) is 38.2 Å². The Morgan fingerprint density at radius 1 is 1.47 bits per heavy atom. The predicted molar refractivity (Wildman–Crippen MR) is 70.4 cm³/mol. The fraction of sp³-hybridized carbons (Fsp3) is 0.615. The van der Waals surface area contributed by atoms with Gasteiger partial charge in [-0.05, 0) is 37.4 Å². The van der Waals surface area contributed by atoms with Crippen molar-refractivity contribution in [2.45, 2.75) is 45.2 Å². The van der Waals surface area contributed by atoms with Crippen molar-refractivity contribution < 1.29 is 0 Å². The minimum atomic E-state index is 0.722. The van der Waals surface area contributed by atoms with Crippen LogP contribution in [0.4, 0.5) is 5.82 Å². The molecule has 1 aliphatic heterocycles. The van der Waals surface area contributed by atoms with Crippen LogP contribution in [-0.2, 0) is 6.54 Å². The maximum absolute atomic E-state index is 5.30. The number of hydrazine groups is 1. The molecule has 17 heavy (non-hydrogen) atoms. The zero-order chi connectivity index (χ0) is 12.1. The van der Waals surface area contributed by atoms with Crippen LogP contribution in [-0.4, -0.2) is 22.5 Å². The predicted octanol–water partition coefficient (Wildman–Crippen LogP) is 2.13. The van der Waals surface area contributed by atoms with Gasteiger partial charge >= 0.3 is 0 Å². The number of pyridine rings is 1. The van der Waals surface area contributed by atoms with Crippen LogP contribution >= 0.6 is 0 Å². The third kappa shape index (κ3) is 3.17. The van der Waals surface area contributed by atoms with E-state index in [0.29, 0.717) is 0 Å². The first-order valence-electron chi connectivity index (χ1n) is 6.49. The molecule has 1 saturated heterocycles. The van der Waals surface area contributed by atoms with E-state index < -0.39 is 0 Å². The van der Waals surface area contributed by atoms with Gasteiger partial charge in [0.25, 0.3) is 0 Å². The Morgan fingerprint density at radius 3 is 3.00 bits per heavy atom. The second kappa shape index (κ2) is 5.98. The molecule has 1 aromatic rings. The zero-order valence-corrected chi connectivity index (χ0v) is 10.5. The Bertz CT molecular complexity index is 336. The molecule has 2 rings (SSSR count). The number of hydrogen-bond donors (Lipinski definition) is 2. The molecule has 1 aliphatic rings. The third-order valence-electron chi connectivity index (χ3n) is 3.58. The smallest absolute Gasteiger partial charge is 0.139 e. The fourth-order valence-corrected chi connectivity index (χ4v) is 2.57. The van der Waals surface area contributed by atoms with Crippen molar-refractivity contribution in [1.29, 1.82) is 0 Å². The molecule has 3 N–H and O–H groups in total. The van der Waals surface area contributed by atoms with Crippen molar-refractivity contribution in [3.05, 3.63) is 23.9 Å². The van der Waals surface area contributed by atoms with E-state index in [9.17, 15) is 0 Å². The monoisotopic (exact) mass is 234 g/mol. The van der Waals surface area contributed by atoms with Gasteiger partial charge in [-0.3, -0.25) is 4.90 Å². The van der Waals surface area contributed by atoms with Crippen LogP contribution in [0.3, 0.4) is 0 Å². The van der Waals surface area contributed by atoms with Crippen LogP contribution in [0.2, 0.25) is 0 Å². The summed E-state index contributed by atoms with van der Waals surface area (Å²) < 4.78 is 0. The second-order valence-corrected chi connectivity index (χ2v) is 4.72. The van der Waals surface area contributed by atoms with Crippen LogP contribution in [0.25, 0.3) is 0 Å². The van der Waals surface area contributed by atoms with Gasteiger partial charge < -0.3 is 5.43 Å². The van der Waals surface area contributed by atoms with E-state index in [-0.39, 0.29) is 0 Å². The quantitative estimate of drug-likeness (QED) is 0.619. The molecule has 0 spiro atoms. The molecular formula is C13H22N4. The highest BCUT2D eigenvalue weighted by Crippen LogP contribution is 2.21. The summed E-state index contributed by atoms with van der Waals surface area (Å²) in [5.41, 5.74) is 3.82. The van der Waals surface area contributed by atoms with Crippen molar-refractivity contribution >= 4 is 5.82 Å². The lowest BCUT2D eigenvalue weighted by Gasteiger charge is -2.35. The molecule has 0 radical (unpaired) electrons. The second-order valence-electron chi connectivity index (χ2n) is 4.72. The Morgan fingerprint density at radius 2 is 2.35 bits per heavy atom. The number of piperidine rings is 1.